The van der Waals surface area contributed by atoms with Crippen LogP contribution >= 0.6 is 11.3 Å². The molecule has 1 saturated heterocycles. The third-order valence-electron chi connectivity index (χ3n) is 6.45. The van der Waals surface area contributed by atoms with Gasteiger partial charge in [-0.05, 0) is 66.6 Å². The fourth-order valence-corrected chi connectivity index (χ4v) is 5.15. The molecule has 10 heteroatoms. The zero-order valence-electron chi connectivity index (χ0n) is 22.3. The highest BCUT2D eigenvalue weighted by molar-refractivity contribution is 7.12. The lowest BCUT2D eigenvalue weighted by molar-refractivity contribution is -0.126. The van der Waals surface area contributed by atoms with Gasteiger partial charge in [0, 0.05) is 18.8 Å². The quantitative estimate of drug-likeness (QED) is 0.375. The van der Waals surface area contributed by atoms with E-state index in [1.807, 2.05) is 25.1 Å². The summed E-state index contributed by atoms with van der Waals surface area (Å²) in [6, 6.07) is 14.9. The van der Waals surface area contributed by atoms with Gasteiger partial charge in [0.2, 0.25) is 11.8 Å². The molecule has 1 aromatic heterocycles. The van der Waals surface area contributed by atoms with Crippen LogP contribution in [0.5, 0.6) is 11.5 Å². The van der Waals surface area contributed by atoms with E-state index in [-0.39, 0.29) is 24.5 Å². The van der Waals surface area contributed by atoms with Crippen molar-refractivity contribution in [3.05, 3.63) is 76.0 Å². The zero-order chi connectivity index (χ0) is 27.8. The van der Waals surface area contributed by atoms with E-state index < -0.39 is 11.9 Å². The maximum atomic E-state index is 13.9. The van der Waals surface area contributed by atoms with Crippen LogP contribution in [-0.4, -0.2) is 57.7 Å². The van der Waals surface area contributed by atoms with E-state index in [1.54, 1.807) is 41.8 Å². The monoisotopic (exact) mass is 551 g/mol. The fourth-order valence-electron chi connectivity index (χ4n) is 4.51. The van der Waals surface area contributed by atoms with Crippen molar-refractivity contribution in [1.29, 1.82) is 0 Å². The first-order chi connectivity index (χ1) is 18.9. The molecule has 1 aliphatic heterocycles. The number of carbonyl (C=O) groups excluding carboxylic acids is 3. The second kappa shape index (κ2) is 13.3. The number of amides is 3. The standard InChI is InChI=1S/C29H33N3O6S/c1-19-7-4-8-21(15-19)32(26(33)18-31-28(34)25-10-6-14-39-25)27(29(35)30-17-22-9-5-13-38-22)20-11-12-23(36-2)24(16-20)37-3/h4,6-8,10-12,14-16,22,27H,5,9,13,17-18H2,1-3H3,(H,30,35)(H,31,34)/t22-,27+/m1/s1. The van der Waals surface area contributed by atoms with Crippen molar-refractivity contribution in [3.63, 3.8) is 0 Å². The number of nitrogens with one attached hydrogen (secondary N) is 2. The number of nitrogens with zero attached hydrogens (tertiary/aromatic N) is 1. The summed E-state index contributed by atoms with van der Waals surface area (Å²) in [6.45, 7) is 2.60. The summed E-state index contributed by atoms with van der Waals surface area (Å²) < 4.78 is 16.6. The lowest BCUT2D eigenvalue weighted by Gasteiger charge is -2.32. The highest BCUT2D eigenvalue weighted by atomic mass is 32.1. The Morgan fingerprint density at radius 3 is 2.54 bits per heavy atom. The number of aryl methyl sites for hydroxylation is 1. The Morgan fingerprint density at radius 2 is 1.87 bits per heavy atom. The smallest absolute Gasteiger partial charge is 0.261 e. The predicted molar refractivity (Wildman–Crippen MR) is 150 cm³/mol. The number of methoxy groups -OCH3 is 2. The Labute approximate surface area is 232 Å². The van der Waals surface area contributed by atoms with Gasteiger partial charge in [-0.1, -0.05) is 24.3 Å². The van der Waals surface area contributed by atoms with Crippen LogP contribution in [0, 0.1) is 6.92 Å². The minimum absolute atomic E-state index is 0.0757. The normalized spacial score (nSPS) is 15.3. The van der Waals surface area contributed by atoms with Crippen LogP contribution in [0.1, 0.15) is 39.7 Å². The van der Waals surface area contributed by atoms with E-state index in [0.717, 1.165) is 18.4 Å². The molecule has 1 aliphatic rings. The van der Waals surface area contributed by atoms with E-state index >= 15 is 0 Å². The Bertz CT molecular complexity index is 1290. The largest absolute Gasteiger partial charge is 0.493 e. The van der Waals surface area contributed by atoms with Crippen molar-refractivity contribution in [3.8, 4) is 11.5 Å². The average molecular weight is 552 g/mol. The van der Waals surface area contributed by atoms with Crippen molar-refractivity contribution >= 4 is 34.7 Å². The van der Waals surface area contributed by atoms with Gasteiger partial charge < -0.3 is 24.8 Å². The summed E-state index contributed by atoms with van der Waals surface area (Å²) in [6.07, 6.45) is 1.72. The molecule has 2 heterocycles. The third-order valence-corrected chi connectivity index (χ3v) is 7.32. The molecule has 3 amide bonds. The van der Waals surface area contributed by atoms with Gasteiger partial charge in [0.1, 0.15) is 6.04 Å². The van der Waals surface area contributed by atoms with Crippen LogP contribution in [0.3, 0.4) is 0 Å². The van der Waals surface area contributed by atoms with Gasteiger partial charge in [0.25, 0.3) is 5.91 Å². The molecule has 9 nitrogen and oxygen atoms in total. The highest BCUT2D eigenvalue weighted by Gasteiger charge is 2.34. The highest BCUT2D eigenvalue weighted by Crippen LogP contribution is 2.34. The maximum absolute atomic E-state index is 13.9. The molecule has 0 saturated carbocycles. The molecule has 3 aromatic rings. The first-order valence-corrected chi connectivity index (χ1v) is 13.6. The Hall–Kier alpha value is -3.89. The molecule has 2 aromatic carbocycles. The average Bonchev–Trinajstić information content (AvgIpc) is 3.68. The first kappa shape index (κ1) is 28.1. The molecule has 2 N–H and O–H groups in total. The molecule has 0 bridgehead atoms. The summed E-state index contributed by atoms with van der Waals surface area (Å²) in [7, 11) is 3.04. The lowest BCUT2D eigenvalue weighted by atomic mass is 10.0. The van der Waals surface area contributed by atoms with Crippen molar-refractivity contribution in [1.82, 2.24) is 10.6 Å². The van der Waals surface area contributed by atoms with Gasteiger partial charge in [-0.15, -0.1) is 11.3 Å². The molecule has 0 radical (unpaired) electrons. The molecule has 206 valence electrons. The Balaban J connectivity index is 1.71. The van der Waals surface area contributed by atoms with Crippen LogP contribution in [0.15, 0.2) is 60.0 Å². The third kappa shape index (κ3) is 6.96. The van der Waals surface area contributed by atoms with Gasteiger partial charge in [0.05, 0.1) is 31.7 Å². The maximum Gasteiger partial charge on any atom is 0.261 e. The van der Waals surface area contributed by atoms with E-state index in [4.69, 9.17) is 14.2 Å². The van der Waals surface area contributed by atoms with Crippen molar-refractivity contribution in [2.45, 2.75) is 31.9 Å². The van der Waals surface area contributed by atoms with Crippen LogP contribution < -0.4 is 25.0 Å². The topological polar surface area (TPSA) is 106 Å². The van der Waals surface area contributed by atoms with E-state index in [2.05, 4.69) is 10.6 Å². The van der Waals surface area contributed by atoms with Gasteiger partial charge in [-0.2, -0.15) is 0 Å². The molecule has 1 fully saturated rings. The van der Waals surface area contributed by atoms with Gasteiger partial charge in [-0.25, -0.2) is 0 Å². The second-order valence-corrected chi connectivity index (χ2v) is 10.1. The number of hydrogen-bond acceptors (Lipinski definition) is 7. The van der Waals surface area contributed by atoms with Crippen LogP contribution in [0.25, 0.3) is 0 Å². The van der Waals surface area contributed by atoms with Crippen LogP contribution in [0.2, 0.25) is 0 Å². The summed E-state index contributed by atoms with van der Waals surface area (Å²) in [5, 5.41) is 7.47. The Morgan fingerprint density at radius 1 is 1.05 bits per heavy atom. The fraction of sp³-hybridized carbons (Fsp3) is 0.345. The van der Waals surface area contributed by atoms with E-state index in [0.29, 0.717) is 40.8 Å². The number of ether oxygens (including phenoxy) is 3. The van der Waals surface area contributed by atoms with Crippen LogP contribution in [0.4, 0.5) is 5.69 Å². The zero-order valence-corrected chi connectivity index (χ0v) is 23.1. The molecule has 2 atom stereocenters. The minimum Gasteiger partial charge on any atom is -0.493 e. The number of rotatable bonds is 11. The van der Waals surface area contributed by atoms with Crippen molar-refractivity contribution in [2.24, 2.45) is 0 Å². The number of hydrogen-bond donors (Lipinski definition) is 2. The molecule has 0 aliphatic carbocycles. The molecular formula is C29H33N3O6S. The van der Waals surface area contributed by atoms with Crippen LogP contribution in [-0.2, 0) is 14.3 Å². The number of thiophene rings is 1. The summed E-state index contributed by atoms with van der Waals surface area (Å²) in [5.74, 6) is -0.256. The number of carbonyl (C=O) groups is 3. The van der Waals surface area contributed by atoms with Gasteiger partial charge >= 0.3 is 0 Å². The minimum atomic E-state index is -1.06. The molecule has 4 rings (SSSR count). The summed E-state index contributed by atoms with van der Waals surface area (Å²) >= 11 is 1.28. The second-order valence-electron chi connectivity index (χ2n) is 9.16. The van der Waals surface area contributed by atoms with Crippen molar-refractivity contribution in [2.75, 3.05) is 38.8 Å². The first-order valence-electron chi connectivity index (χ1n) is 12.7. The molecular weight excluding hydrogens is 518 g/mol. The molecule has 0 spiro atoms. The number of anilines is 1. The molecule has 0 unspecified atom stereocenters. The Kier molecular flexibility index (Phi) is 9.56. The van der Waals surface area contributed by atoms with Gasteiger partial charge in [0.15, 0.2) is 11.5 Å². The summed E-state index contributed by atoms with van der Waals surface area (Å²) in [5.41, 5.74) is 1.97. The van der Waals surface area contributed by atoms with E-state index in [9.17, 15) is 14.4 Å². The van der Waals surface area contributed by atoms with E-state index in [1.165, 1.54) is 30.5 Å². The SMILES string of the molecule is COc1ccc([C@@H](C(=O)NC[C@H]2CCCO2)N(C(=O)CNC(=O)c2cccs2)c2cccc(C)c2)cc1OC. The van der Waals surface area contributed by atoms with Gasteiger partial charge in [-0.3, -0.25) is 19.3 Å². The molecule has 39 heavy (non-hydrogen) atoms. The van der Waals surface area contributed by atoms with Crippen molar-refractivity contribution < 1.29 is 28.6 Å². The lowest BCUT2D eigenvalue weighted by Crippen LogP contribution is -2.48. The predicted octanol–water partition coefficient (Wildman–Crippen LogP) is 3.87. The summed E-state index contributed by atoms with van der Waals surface area (Å²) in [4.78, 5) is 42.2. The number of benzene rings is 2.